The Labute approximate surface area is 116 Å². The number of nitrogens with one attached hydrogen (secondary N) is 2. The highest BCUT2D eigenvalue weighted by atomic mass is 32.2. The van der Waals surface area contributed by atoms with Gasteiger partial charge < -0.3 is 10.4 Å². The summed E-state index contributed by atoms with van der Waals surface area (Å²) in [5.74, 6) is -1.62. The number of amides is 1. The third kappa shape index (κ3) is 3.78. The van der Waals surface area contributed by atoms with Gasteiger partial charge in [0.1, 0.15) is 0 Å². The summed E-state index contributed by atoms with van der Waals surface area (Å²) in [4.78, 5) is 21.8. The quantitative estimate of drug-likeness (QED) is 0.690. The molecule has 0 saturated carbocycles. The molecule has 1 unspecified atom stereocenters. The van der Waals surface area contributed by atoms with Crippen molar-refractivity contribution in [2.75, 3.05) is 6.54 Å². The lowest BCUT2D eigenvalue weighted by molar-refractivity contribution is -0.119. The van der Waals surface area contributed by atoms with Gasteiger partial charge in [-0.3, -0.25) is 4.79 Å². The van der Waals surface area contributed by atoms with Crippen molar-refractivity contribution < 1.29 is 23.1 Å². The van der Waals surface area contributed by atoms with E-state index < -0.39 is 22.0 Å². The summed E-state index contributed by atoms with van der Waals surface area (Å²) >= 11 is 0. The molecule has 0 aliphatic carbocycles. The molecule has 20 heavy (non-hydrogen) atoms. The Kier molecular flexibility index (Phi) is 4.05. The Hall–Kier alpha value is -1.93. The van der Waals surface area contributed by atoms with Crippen molar-refractivity contribution in [3.63, 3.8) is 0 Å². The zero-order valence-corrected chi connectivity index (χ0v) is 11.3. The normalized spacial score (nSPS) is 18.8. The third-order valence-electron chi connectivity index (χ3n) is 2.85. The molecular weight excluding hydrogens is 284 g/mol. The molecular formula is C12H14N2O5S. The van der Waals surface area contributed by atoms with Crippen LogP contribution in [0.25, 0.3) is 0 Å². The zero-order chi connectivity index (χ0) is 14.8. The average molecular weight is 298 g/mol. The second-order valence-electron chi connectivity index (χ2n) is 4.59. The summed E-state index contributed by atoms with van der Waals surface area (Å²) in [6.45, 7) is 0.271. The minimum Gasteiger partial charge on any atom is -0.478 e. The molecule has 0 spiro atoms. The molecule has 2 rings (SSSR count). The van der Waals surface area contributed by atoms with Crippen molar-refractivity contribution in [1.82, 2.24) is 10.0 Å². The van der Waals surface area contributed by atoms with Gasteiger partial charge in [0.05, 0.1) is 11.3 Å². The van der Waals surface area contributed by atoms with E-state index in [-0.39, 0.29) is 30.2 Å². The molecule has 0 radical (unpaired) electrons. The van der Waals surface area contributed by atoms with Crippen molar-refractivity contribution in [3.05, 3.63) is 35.4 Å². The van der Waals surface area contributed by atoms with Gasteiger partial charge in [0.25, 0.3) is 0 Å². The van der Waals surface area contributed by atoms with E-state index in [9.17, 15) is 18.0 Å². The molecule has 1 amide bonds. The number of hydrogen-bond acceptors (Lipinski definition) is 4. The monoisotopic (exact) mass is 298 g/mol. The van der Waals surface area contributed by atoms with Crippen LogP contribution in [0.2, 0.25) is 0 Å². The smallest absolute Gasteiger partial charge is 0.335 e. The first-order valence-corrected chi connectivity index (χ1v) is 7.60. The predicted molar refractivity (Wildman–Crippen MR) is 70.6 cm³/mol. The zero-order valence-electron chi connectivity index (χ0n) is 10.5. The summed E-state index contributed by atoms with van der Waals surface area (Å²) < 4.78 is 26.3. The van der Waals surface area contributed by atoms with Crippen molar-refractivity contribution in [2.45, 2.75) is 18.2 Å². The van der Waals surface area contributed by atoms with Gasteiger partial charge in [0.2, 0.25) is 15.9 Å². The minimum absolute atomic E-state index is 0.0374. The first-order chi connectivity index (χ1) is 9.35. The van der Waals surface area contributed by atoms with E-state index in [1.807, 2.05) is 0 Å². The van der Waals surface area contributed by atoms with Crippen LogP contribution in [0, 0.1) is 0 Å². The number of benzene rings is 1. The lowest BCUT2D eigenvalue weighted by Crippen LogP contribution is -2.36. The van der Waals surface area contributed by atoms with Gasteiger partial charge in [-0.25, -0.2) is 17.9 Å². The standard InChI is InChI=1S/C12H14N2O5S/c15-11-5-10(6-13-11)14-20(18,19)7-8-2-1-3-9(4-8)12(16)17/h1-4,10,14H,5-7H2,(H,13,15)(H,16,17). The largest absolute Gasteiger partial charge is 0.478 e. The van der Waals surface area contributed by atoms with Gasteiger partial charge in [-0.05, 0) is 17.7 Å². The number of carbonyl (C=O) groups is 2. The molecule has 0 bridgehead atoms. The first-order valence-electron chi connectivity index (χ1n) is 5.95. The van der Waals surface area contributed by atoms with Crippen molar-refractivity contribution in [1.29, 1.82) is 0 Å². The fourth-order valence-corrected chi connectivity index (χ4v) is 3.37. The molecule has 1 aliphatic heterocycles. The van der Waals surface area contributed by atoms with E-state index in [2.05, 4.69) is 10.0 Å². The van der Waals surface area contributed by atoms with Crippen molar-refractivity contribution in [3.8, 4) is 0 Å². The van der Waals surface area contributed by atoms with Crippen LogP contribution in [0.4, 0.5) is 0 Å². The Morgan fingerprint density at radius 2 is 2.20 bits per heavy atom. The molecule has 1 saturated heterocycles. The summed E-state index contributed by atoms with van der Waals surface area (Å²) in [5.41, 5.74) is 0.421. The molecule has 1 heterocycles. The summed E-state index contributed by atoms with van der Waals surface area (Å²) in [5, 5.41) is 11.4. The molecule has 108 valence electrons. The van der Waals surface area contributed by atoms with E-state index in [0.717, 1.165) is 0 Å². The van der Waals surface area contributed by atoms with E-state index >= 15 is 0 Å². The molecule has 8 heteroatoms. The van der Waals surface area contributed by atoms with E-state index in [1.54, 1.807) is 6.07 Å². The highest BCUT2D eigenvalue weighted by Crippen LogP contribution is 2.10. The van der Waals surface area contributed by atoms with Crippen LogP contribution < -0.4 is 10.0 Å². The van der Waals surface area contributed by atoms with E-state index in [4.69, 9.17) is 5.11 Å². The molecule has 1 aromatic carbocycles. The summed E-state index contributed by atoms with van der Waals surface area (Å²) in [6.07, 6.45) is 0.119. The molecule has 0 aromatic heterocycles. The van der Waals surface area contributed by atoms with Crippen molar-refractivity contribution >= 4 is 21.9 Å². The molecule has 1 atom stereocenters. The van der Waals surface area contributed by atoms with Gasteiger partial charge in [0.15, 0.2) is 0 Å². The highest BCUT2D eigenvalue weighted by molar-refractivity contribution is 7.88. The fraction of sp³-hybridized carbons (Fsp3) is 0.333. The number of rotatable bonds is 5. The topological polar surface area (TPSA) is 113 Å². The van der Waals surface area contributed by atoms with Crippen LogP contribution in [-0.2, 0) is 20.6 Å². The van der Waals surface area contributed by atoms with Gasteiger partial charge in [-0.2, -0.15) is 0 Å². The number of hydrogen-bond donors (Lipinski definition) is 3. The van der Waals surface area contributed by atoms with Crippen LogP contribution in [0.1, 0.15) is 22.3 Å². The lowest BCUT2D eigenvalue weighted by Gasteiger charge is -2.11. The minimum atomic E-state index is -3.62. The Morgan fingerprint density at radius 1 is 1.45 bits per heavy atom. The molecule has 1 fully saturated rings. The Balaban J connectivity index is 2.06. The first kappa shape index (κ1) is 14.5. The van der Waals surface area contributed by atoms with Gasteiger partial charge in [-0.1, -0.05) is 12.1 Å². The second-order valence-corrected chi connectivity index (χ2v) is 6.34. The van der Waals surface area contributed by atoms with E-state index in [1.165, 1.54) is 18.2 Å². The SMILES string of the molecule is O=C1CC(NS(=O)(=O)Cc2cccc(C(=O)O)c2)CN1. The summed E-state index contributed by atoms with van der Waals surface area (Å²) in [6, 6.07) is 5.30. The van der Waals surface area contributed by atoms with Crippen LogP contribution in [0.5, 0.6) is 0 Å². The number of carbonyl (C=O) groups excluding carboxylic acids is 1. The van der Waals surface area contributed by atoms with Crippen LogP contribution in [0.15, 0.2) is 24.3 Å². The van der Waals surface area contributed by atoms with E-state index in [0.29, 0.717) is 5.56 Å². The number of aromatic carboxylic acids is 1. The van der Waals surface area contributed by atoms with Crippen LogP contribution in [-0.4, -0.2) is 38.0 Å². The maximum absolute atomic E-state index is 11.9. The average Bonchev–Trinajstić information content (AvgIpc) is 2.73. The Bertz CT molecular complexity index is 641. The predicted octanol–water partition coefficient (Wildman–Crippen LogP) is -0.307. The third-order valence-corrected chi connectivity index (χ3v) is 4.26. The highest BCUT2D eigenvalue weighted by Gasteiger charge is 2.26. The van der Waals surface area contributed by atoms with Crippen molar-refractivity contribution in [2.24, 2.45) is 0 Å². The Morgan fingerprint density at radius 3 is 2.80 bits per heavy atom. The van der Waals surface area contributed by atoms with Gasteiger partial charge in [-0.15, -0.1) is 0 Å². The van der Waals surface area contributed by atoms with Gasteiger partial charge >= 0.3 is 5.97 Å². The van der Waals surface area contributed by atoms with Crippen LogP contribution in [0.3, 0.4) is 0 Å². The lowest BCUT2D eigenvalue weighted by atomic mass is 10.1. The molecule has 3 N–H and O–H groups in total. The number of sulfonamides is 1. The maximum Gasteiger partial charge on any atom is 0.335 e. The second kappa shape index (κ2) is 5.59. The van der Waals surface area contributed by atoms with Crippen LogP contribution >= 0.6 is 0 Å². The summed E-state index contributed by atoms with van der Waals surface area (Å²) in [7, 11) is -3.62. The maximum atomic E-state index is 11.9. The van der Waals surface area contributed by atoms with Gasteiger partial charge in [0, 0.05) is 19.0 Å². The number of carboxylic acids is 1. The number of carboxylic acid groups (broad SMARTS) is 1. The fourth-order valence-electron chi connectivity index (χ4n) is 2.00. The molecule has 1 aliphatic rings. The molecule has 1 aromatic rings. The molecule has 7 nitrogen and oxygen atoms in total.